The maximum absolute atomic E-state index is 14.0. The number of fused-ring (bicyclic) bond motifs is 1. The maximum Gasteiger partial charge on any atom is 0.305 e. The molecule has 1 aromatic carbocycles. The van der Waals surface area contributed by atoms with Crippen molar-refractivity contribution in [1.29, 1.82) is 5.41 Å². The molecule has 0 atom stereocenters. The third-order valence-corrected chi connectivity index (χ3v) is 7.98. The fraction of sp³-hybridized carbons (Fsp3) is 0.529. The average molecular weight is 717 g/mol. The first-order chi connectivity index (χ1) is 21.9. The van der Waals surface area contributed by atoms with Gasteiger partial charge in [0.25, 0.3) is 5.91 Å². The van der Waals surface area contributed by atoms with E-state index in [0.717, 1.165) is 11.3 Å². The lowest BCUT2D eigenvalue weighted by atomic mass is 9.84. The first-order valence-electron chi connectivity index (χ1n) is 15.9. The molecule has 0 saturated carbocycles. The smallest absolute Gasteiger partial charge is 0.305 e. The lowest BCUT2D eigenvalue weighted by Gasteiger charge is -2.33. The highest BCUT2D eigenvalue weighted by Gasteiger charge is 2.33. The number of nitrogens with one attached hydrogen (secondary N) is 2. The molecule has 1 fully saturated rings. The van der Waals surface area contributed by atoms with Crippen molar-refractivity contribution in [2.75, 3.05) is 51.4 Å². The Morgan fingerprint density at radius 3 is 2.36 bits per heavy atom. The van der Waals surface area contributed by atoms with Gasteiger partial charge in [-0.1, -0.05) is 20.8 Å². The summed E-state index contributed by atoms with van der Waals surface area (Å²) in [6, 6.07) is 5.39. The fourth-order valence-electron chi connectivity index (χ4n) is 5.58. The van der Waals surface area contributed by atoms with Gasteiger partial charge in [-0.3, -0.25) is 24.6 Å². The molecular formula is C34H46BrN5O7. The number of hydrogen-bond acceptors (Lipinski definition) is 10. The summed E-state index contributed by atoms with van der Waals surface area (Å²) >= 11 is 0. The highest BCUT2D eigenvalue weighted by Crippen LogP contribution is 2.41. The van der Waals surface area contributed by atoms with Gasteiger partial charge in [0.1, 0.15) is 23.1 Å². The lowest BCUT2D eigenvalue weighted by Crippen LogP contribution is -2.35. The molecule has 3 heterocycles. The second kappa shape index (κ2) is 16.2. The molecule has 256 valence electrons. The van der Waals surface area contributed by atoms with E-state index >= 15 is 0 Å². The van der Waals surface area contributed by atoms with E-state index in [2.05, 4.69) is 15.2 Å². The Bertz CT molecular complexity index is 1510. The van der Waals surface area contributed by atoms with Gasteiger partial charge in [0, 0.05) is 62.6 Å². The maximum atomic E-state index is 14.0. The highest BCUT2D eigenvalue weighted by atomic mass is 79.9. The molecule has 0 spiro atoms. The number of ether oxygens (including phenoxy) is 3. The predicted molar refractivity (Wildman–Crippen MR) is 184 cm³/mol. The first kappa shape index (κ1) is 37.5. The van der Waals surface area contributed by atoms with Gasteiger partial charge >= 0.3 is 5.97 Å². The molecule has 4 rings (SSSR count). The van der Waals surface area contributed by atoms with Gasteiger partial charge in [0.05, 0.1) is 32.1 Å². The van der Waals surface area contributed by atoms with E-state index in [1.54, 1.807) is 17.9 Å². The summed E-state index contributed by atoms with van der Waals surface area (Å²) in [4.78, 5) is 58.6. The van der Waals surface area contributed by atoms with Crippen LogP contribution in [0.3, 0.4) is 0 Å². The van der Waals surface area contributed by atoms with Crippen LogP contribution in [0.25, 0.3) is 0 Å². The van der Waals surface area contributed by atoms with Crippen molar-refractivity contribution in [2.24, 2.45) is 0 Å². The van der Waals surface area contributed by atoms with Crippen molar-refractivity contribution in [3.63, 3.8) is 0 Å². The summed E-state index contributed by atoms with van der Waals surface area (Å²) in [6.45, 7) is 11.9. The molecule has 1 amide bonds. The minimum Gasteiger partial charge on any atom is -0.491 e. The molecule has 0 bridgehead atoms. The van der Waals surface area contributed by atoms with Gasteiger partial charge in [-0.05, 0) is 43.9 Å². The van der Waals surface area contributed by atoms with Crippen LogP contribution in [-0.4, -0.2) is 85.7 Å². The number of amides is 1. The molecule has 0 radical (unpaired) electrons. The Labute approximate surface area is 286 Å². The number of rotatable bonds is 13. The number of benzene rings is 1. The molecule has 1 aromatic heterocycles. The van der Waals surface area contributed by atoms with Crippen LogP contribution < -0.4 is 19.7 Å². The quantitative estimate of drug-likeness (QED) is 0.171. The number of anilines is 1. The number of piperidine rings is 1. The zero-order valence-corrected chi connectivity index (χ0v) is 29.8. The van der Waals surface area contributed by atoms with Crippen LogP contribution in [0.15, 0.2) is 18.2 Å². The van der Waals surface area contributed by atoms with Crippen LogP contribution in [0, 0.1) is 5.41 Å². The second-order valence-electron chi connectivity index (χ2n) is 12.4. The highest BCUT2D eigenvalue weighted by molar-refractivity contribution is 8.93. The number of Topliss-reactive ketones (excluding diaryl/α,β-unsaturated/α-hetero) is 2. The molecule has 0 aliphatic carbocycles. The molecule has 13 heteroatoms. The van der Waals surface area contributed by atoms with Gasteiger partial charge in [-0.2, -0.15) is 0 Å². The van der Waals surface area contributed by atoms with E-state index in [0.29, 0.717) is 73.9 Å². The monoisotopic (exact) mass is 715 g/mol. The largest absolute Gasteiger partial charge is 0.491 e. The fourth-order valence-corrected chi connectivity index (χ4v) is 5.58. The van der Waals surface area contributed by atoms with Crippen LogP contribution in [0.4, 0.5) is 5.69 Å². The zero-order chi connectivity index (χ0) is 33.6. The van der Waals surface area contributed by atoms with Crippen LogP contribution in [0.2, 0.25) is 0 Å². The van der Waals surface area contributed by atoms with E-state index in [-0.39, 0.29) is 72.2 Å². The third kappa shape index (κ3) is 8.88. The van der Waals surface area contributed by atoms with Crippen molar-refractivity contribution in [1.82, 2.24) is 15.2 Å². The Balaban J connectivity index is 0.00000600. The van der Waals surface area contributed by atoms with E-state index < -0.39 is 11.3 Å². The minimum atomic E-state index is -0.418. The molecular weight excluding hydrogens is 670 g/mol. The number of aromatic nitrogens is 1. The Morgan fingerprint density at radius 2 is 1.74 bits per heavy atom. The van der Waals surface area contributed by atoms with Crippen molar-refractivity contribution in [3.05, 3.63) is 46.3 Å². The predicted octanol–water partition coefficient (Wildman–Crippen LogP) is 4.63. The lowest BCUT2D eigenvalue weighted by molar-refractivity contribution is -0.143. The second-order valence-corrected chi connectivity index (χ2v) is 12.4. The molecule has 2 aromatic rings. The average Bonchev–Trinajstić information content (AvgIpc) is 3.31. The molecule has 2 aliphatic rings. The number of amidine groups is 1. The molecule has 47 heavy (non-hydrogen) atoms. The SMILES string of the molecule is Br.CCOC(=O)CCCOc1c(N2CCC(=O)CC2)cc(C(=O)CN2Cc3cc(OCC)c(C(=O)NC)nc3C2=N)cc1C(C)(C)C. The minimum absolute atomic E-state index is 0. The van der Waals surface area contributed by atoms with Crippen LogP contribution in [0.5, 0.6) is 11.5 Å². The summed E-state index contributed by atoms with van der Waals surface area (Å²) in [5, 5.41) is 11.4. The molecule has 2 N–H and O–H groups in total. The number of pyridine rings is 1. The molecule has 0 unspecified atom stereocenters. The summed E-state index contributed by atoms with van der Waals surface area (Å²) in [5.41, 5.74) is 2.77. The number of halogens is 1. The van der Waals surface area contributed by atoms with Crippen LogP contribution in [0.1, 0.15) is 98.0 Å². The topological polar surface area (TPSA) is 151 Å². The van der Waals surface area contributed by atoms with Crippen molar-refractivity contribution < 1.29 is 33.4 Å². The number of esters is 1. The summed E-state index contributed by atoms with van der Waals surface area (Å²) < 4.78 is 17.1. The van der Waals surface area contributed by atoms with Gasteiger partial charge < -0.3 is 29.3 Å². The van der Waals surface area contributed by atoms with E-state index in [1.165, 1.54) is 7.05 Å². The van der Waals surface area contributed by atoms with Crippen molar-refractivity contribution >= 4 is 51.9 Å². The zero-order valence-electron chi connectivity index (χ0n) is 28.1. The van der Waals surface area contributed by atoms with E-state index in [4.69, 9.17) is 19.6 Å². The molecule has 1 saturated heterocycles. The van der Waals surface area contributed by atoms with Crippen LogP contribution in [-0.2, 0) is 26.3 Å². The van der Waals surface area contributed by atoms with Crippen molar-refractivity contribution in [2.45, 2.75) is 72.3 Å². The van der Waals surface area contributed by atoms with E-state index in [1.807, 2.05) is 39.8 Å². The normalized spacial score (nSPS) is 14.3. The van der Waals surface area contributed by atoms with Gasteiger partial charge in [0.15, 0.2) is 17.2 Å². The van der Waals surface area contributed by atoms with Crippen LogP contribution >= 0.6 is 17.0 Å². The first-order valence-corrected chi connectivity index (χ1v) is 15.9. The third-order valence-electron chi connectivity index (χ3n) is 7.98. The number of carbonyl (C=O) groups is 4. The van der Waals surface area contributed by atoms with Gasteiger partial charge in [0.2, 0.25) is 0 Å². The summed E-state index contributed by atoms with van der Waals surface area (Å²) in [7, 11) is 1.50. The van der Waals surface area contributed by atoms with Gasteiger partial charge in [-0.15, -0.1) is 17.0 Å². The molecule has 12 nitrogen and oxygen atoms in total. The number of ketones is 2. The Kier molecular flexibility index (Phi) is 12.9. The number of carbonyl (C=O) groups excluding carboxylic acids is 4. The standard InChI is InChI=1S/C34H45N5O7.BrH/c1-7-44-27-18-22-19-39(32(35)29(22)37-30(27)33(43)36-6)20-26(41)21-16-24(34(3,4)5)31(46-15-9-10-28(42)45-8-2)25(17-21)38-13-11-23(40)12-14-38;/h16-18,35H,7-15,19-20H2,1-6H3,(H,36,43);1H. The number of hydrogen-bond donors (Lipinski definition) is 2. The summed E-state index contributed by atoms with van der Waals surface area (Å²) in [6.07, 6.45) is 1.52. The number of nitrogens with zero attached hydrogens (tertiary/aromatic N) is 3. The van der Waals surface area contributed by atoms with Gasteiger partial charge in [-0.25, -0.2) is 4.98 Å². The Hall–Kier alpha value is -4.00. The summed E-state index contributed by atoms with van der Waals surface area (Å²) in [5.74, 6) is 0.341. The van der Waals surface area contributed by atoms with Crippen molar-refractivity contribution in [3.8, 4) is 11.5 Å². The molecule has 2 aliphatic heterocycles. The Morgan fingerprint density at radius 1 is 1.04 bits per heavy atom. The van der Waals surface area contributed by atoms with E-state index in [9.17, 15) is 19.2 Å².